The summed E-state index contributed by atoms with van der Waals surface area (Å²) in [5, 5.41) is 0. The van der Waals surface area contributed by atoms with Gasteiger partial charge < -0.3 is 15.0 Å². The Kier molecular flexibility index (Phi) is 2.97. The fraction of sp³-hybridized carbons (Fsp3) is 0.533. The van der Waals surface area contributed by atoms with E-state index in [9.17, 15) is 0 Å². The molecule has 1 fully saturated rings. The number of nitrogens with two attached hydrogens (primary N) is 1. The third-order valence-corrected chi connectivity index (χ3v) is 4.24. The van der Waals surface area contributed by atoms with Gasteiger partial charge in [-0.15, -0.1) is 0 Å². The average molecular weight is 259 g/mol. The van der Waals surface area contributed by atoms with Gasteiger partial charge in [0, 0.05) is 19.8 Å². The van der Waals surface area contributed by atoms with Gasteiger partial charge in [0.25, 0.3) is 0 Å². The van der Waals surface area contributed by atoms with E-state index in [1.54, 1.807) is 0 Å². The molecule has 4 heteroatoms. The number of ether oxygens (including phenoxy) is 1. The molecule has 2 N–H and O–H groups in total. The van der Waals surface area contributed by atoms with Crippen LogP contribution in [0.5, 0.6) is 0 Å². The maximum atomic E-state index is 6.12. The normalized spacial score (nSPS) is 18.8. The second-order valence-electron chi connectivity index (χ2n) is 5.92. The Labute approximate surface area is 113 Å². The fourth-order valence-electron chi connectivity index (χ4n) is 2.95. The summed E-state index contributed by atoms with van der Waals surface area (Å²) >= 11 is 0. The second kappa shape index (κ2) is 4.53. The first-order valence-electron chi connectivity index (χ1n) is 6.88. The molecule has 2 heterocycles. The number of benzene rings is 1. The molecule has 0 spiro atoms. The van der Waals surface area contributed by atoms with Crippen LogP contribution in [0.4, 0.5) is 5.95 Å². The molecule has 1 aliphatic heterocycles. The zero-order valence-corrected chi connectivity index (χ0v) is 11.6. The lowest BCUT2D eigenvalue weighted by Gasteiger charge is -2.34. The largest absolute Gasteiger partial charge is 0.381 e. The van der Waals surface area contributed by atoms with E-state index in [0.717, 1.165) is 38.1 Å². The van der Waals surface area contributed by atoms with Gasteiger partial charge >= 0.3 is 0 Å². The quantitative estimate of drug-likeness (QED) is 0.902. The van der Waals surface area contributed by atoms with Crippen molar-refractivity contribution in [3.05, 3.63) is 23.8 Å². The molecule has 1 aromatic carbocycles. The second-order valence-corrected chi connectivity index (χ2v) is 5.92. The van der Waals surface area contributed by atoms with E-state index < -0.39 is 0 Å². The standard InChI is InChI=1S/C15H21N3O/c1-11-4-3-5-12-13(11)18(14(16)17-12)10-15(2)6-8-19-9-7-15/h3-5H,6-10H2,1-2H3,(H2,16,17). The van der Waals surface area contributed by atoms with E-state index >= 15 is 0 Å². The summed E-state index contributed by atoms with van der Waals surface area (Å²) < 4.78 is 7.65. The molecule has 0 saturated carbocycles. The smallest absolute Gasteiger partial charge is 0.201 e. The lowest BCUT2D eigenvalue weighted by molar-refractivity contribution is 0.0163. The number of hydrogen-bond acceptors (Lipinski definition) is 3. The first kappa shape index (κ1) is 12.5. The van der Waals surface area contributed by atoms with Gasteiger partial charge in [0.2, 0.25) is 5.95 Å². The van der Waals surface area contributed by atoms with E-state index in [2.05, 4.69) is 29.5 Å². The van der Waals surface area contributed by atoms with Crippen LogP contribution in [0.25, 0.3) is 11.0 Å². The Balaban J connectivity index is 2.02. The van der Waals surface area contributed by atoms with Gasteiger partial charge in [-0.1, -0.05) is 19.1 Å². The molecule has 1 aromatic heterocycles. The highest BCUT2D eigenvalue weighted by atomic mass is 16.5. The summed E-state index contributed by atoms with van der Waals surface area (Å²) in [6.45, 7) is 7.05. The summed E-state index contributed by atoms with van der Waals surface area (Å²) in [6, 6.07) is 6.18. The minimum atomic E-state index is 0.252. The number of nitrogens with zero attached hydrogens (tertiary/aromatic N) is 2. The summed E-state index contributed by atoms with van der Waals surface area (Å²) in [7, 11) is 0. The number of anilines is 1. The van der Waals surface area contributed by atoms with E-state index in [-0.39, 0.29) is 5.41 Å². The molecule has 0 unspecified atom stereocenters. The highest BCUT2D eigenvalue weighted by molar-refractivity contribution is 5.81. The summed E-state index contributed by atoms with van der Waals surface area (Å²) in [6.07, 6.45) is 2.16. The molecule has 102 valence electrons. The minimum Gasteiger partial charge on any atom is -0.381 e. The fourth-order valence-corrected chi connectivity index (χ4v) is 2.95. The van der Waals surface area contributed by atoms with Crippen LogP contribution in [-0.2, 0) is 11.3 Å². The van der Waals surface area contributed by atoms with Crippen molar-refractivity contribution in [1.82, 2.24) is 9.55 Å². The topological polar surface area (TPSA) is 53.1 Å². The van der Waals surface area contributed by atoms with Gasteiger partial charge in [-0.05, 0) is 36.8 Å². The number of aromatic nitrogens is 2. The minimum absolute atomic E-state index is 0.252. The molecule has 19 heavy (non-hydrogen) atoms. The lowest BCUT2D eigenvalue weighted by atomic mass is 9.82. The van der Waals surface area contributed by atoms with E-state index in [0.29, 0.717) is 5.95 Å². The number of rotatable bonds is 2. The number of hydrogen-bond donors (Lipinski definition) is 1. The van der Waals surface area contributed by atoms with Crippen molar-refractivity contribution in [3.8, 4) is 0 Å². The zero-order chi connectivity index (χ0) is 13.5. The van der Waals surface area contributed by atoms with Crippen molar-refractivity contribution in [2.75, 3.05) is 18.9 Å². The Morgan fingerprint density at radius 2 is 2.11 bits per heavy atom. The molecule has 0 aliphatic carbocycles. The van der Waals surface area contributed by atoms with Gasteiger partial charge in [0.05, 0.1) is 11.0 Å². The Morgan fingerprint density at radius 3 is 2.84 bits per heavy atom. The van der Waals surface area contributed by atoms with Crippen LogP contribution < -0.4 is 5.73 Å². The van der Waals surface area contributed by atoms with E-state index in [1.807, 2.05) is 12.1 Å². The molecule has 0 bridgehead atoms. The van der Waals surface area contributed by atoms with Crippen molar-refractivity contribution in [2.24, 2.45) is 5.41 Å². The number of para-hydroxylation sites is 1. The van der Waals surface area contributed by atoms with Crippen molar-refractivity contribution >= 4 is 17.0 Å². The molecular weight excluding hydrogens is 238 g/mol. The Morgan fingerprint density at radius 1 is 1.37 bits per heavy atom. The Hall–Kier alpha value is -1.55. The highest BCUT2D eigenvalue weighted by Crippen LogP contribution is 2.34. The zero-order valence-electron chi connectivity index (χ0n) is 11.6. The number of fused-ring (bicyclic) bond motifs is 1. The van der Waals surface area contributed by atoms with E-state index in [1.165, 1.54) is 11.1 Å². The third-order valence-electron chi connectivity index (χ3n) is 4.24. The maximum absolute atomic E-state index is 6.12. The van der Waals surface area contributed by atoms with Gasteiger partial charge in [0.1, 0.15) is 0 Å². The molecule has 4 nitrogen and oxygen atoms in total. The number of imidazole rings is 1. The van der Waals surface area contributed by atoms with Crippen LogP contribution in [0.15, 0.2) is 18.2 Å². The van der Waals surface area contributed by atoms with Gasteiger partial charge in [0.15, 0.2) is 0 Å². The molecule has 0 amide bonds. The first-order chi connectivity index (χ1) is 9.09. The monoisotopic (exact) mass is 259 g/mol. The van der Waals surface area contributed by atoms with Gasteiger partial charge in [-0.25, -0.2) is 4.98 Å². The molecule has 2 aromatic rings. The van der Waals surface area contributed by atoms with Crippen LogP contribution in [0.1, 0.15) is 25.3 Å². The molecule has 1 aliphatic rings. The average Bonchev–Trinajstić information content (AvgIpc) is 2.68. The summed E-state index contributed by atoms with van der Waals surface area (Å²) in [4.78, 5) is 4.48. The van der Waals surface area contributed by atoms with Crippen LogP contribution in [0.2, 0.25) is 0 Å². The van der Waals surface area contributed by atoms with Crippen LogP contribution in [0.3, 0.4) is 0 Å². The Bertz CT molecular complexity index is 597. The molecule has 3 rings (SSSR count). The van der Waals surface area contributed by atoms with Crippen molar-refractivity contribution in [1.29, 1.82) is 0 Å². The third kappa shape index (κ3) is 2.21. The van der Waals surface area contributed by atoms with E-state index in [4.69, 9.17) is 10.5 Å². The molecule has 1 saturated heterocycles. The van der Waals surface area contributed by atoms with Crippen LogP contribution in [-0.4, -0.2) is 22.8 Å². The van der Waals surface area contributed by atoms with Gasteiger partial charge in [-0.3, -0.25) is 0 Å². The maximum Gasteiger partial charge on any atom is 0.201 e. The van der Waals surface area contributed by atoms with Gasteiger partial charge in [-0.2, -0.15) is 0 Å². The molecule has 0 atom stereocenters. The lowest BCUT2D eigenvalue weighted by Crippen LogP contribution is -2.31. The highest BCUT2D eigenvalue weighted by Gasteiger charge is 2.29. The number of nitrogen functional groups attached to an aromatic ring is 1. The predicted molar refractivity (Wildman–Crippen MR) is 77.0 cm³/mol. The van der Waals surface area contributed by atoms with Crippen molar-refractivity contribution in [3.63, 3.8) is 0 Å². The van der Waals surface area contributed by atoms with Crippen LogP contribution >= 0.6 is 0 Å². The summed E-state index contributed by atoms with van der Waals surface area (Å²) in [5.41, 5.74) is 9.77. The van der Waals surface area contributed by atoms with Crippen molar-refractivity contribution in [2.45, 2.75) is 33.2 Å². The summed E-state index contributed by atoms with van der Waals surface area (Å²) in [5.74, 6) is 0.622. The first-order valence-corrected chi connectivity index (χ1v) is 6.88. The number of aryl methyl sites for hydroxylation is 1. The predicted octanol–water partition coefficient (Wildman–Crippen LogP) is 2.74. The van der Waals surface area contributed by atoms with Crippen molar-refractivity contribution < 1.29 is 4.74 Å². The molecule has 0 radical (unpaired) electrons. The van der Waals surface area contributed by atoms with Crippen LogP contribution in [0, 0.1) is 12.3 Å². The molecular formula is C15H21N3O. The SMILES string of the molecule is Cc1cccc2nc(N)n(CC3(C)CCOCC3)c12.